The van der Waals surface area contributed by atoms with Gasteiger partial charge in [-0.25, -0.2) is 0 Å². The van der Waals surface area contributed by atoms with E-state index in [-0.39, 0.29) is 11.8 Å². The lowest BCUT2D eigenvalue weighted by Gasteiger charge is -2.11. The Kier molecular flexibility index (Phi) is 3.84. The van der Waals surface area contributed by atoms with E-state index in [1.165, 1.54) is 0 Å². The van der Waals surface area contributed by atoms with Crippen LogP contribution in [0, 0.1) is 6.92 Å². The Morgan fingerprint density at radius 3 is 2.79 bits per heavy atom. The van der Waals surface area contributed by atoms with Gasteiger partial charge in [0, 0.05) is 5.56 Å². The van der Waals surface area contributed by atoms with Crippen molar-refractivity contribution in [3.8, 4) is 0 Å². The summed E-state index contributed by atoms with van der Waals surface area (Å²) in [5, 5.41) is 3.11. The van der Waals surface area contributed by atoms with E-state index in [9.17, 15) is 4.79 Å². The van der Waals surface area contributed by atoms with Crippen LogP contribution < -0.4 is 5.32 Å². The summed E-state index contributed by atoms with van der Waals surface area (Å²) in [4.78, 5) is 11.8. The predicted molar refractivity (Wildman–Crippen MR) is 58.6 cm³/mol. The van der Waals surface area contributed by atoms with Crippen molar-refractivity contribution < 1.29 is 4.79 Å². The number of rotatable bonds is 4. The maximum atomic E-state index is 11.8. The Hall–Kier alpha value is -1.15. The number of carbonyl (C=O) groups is 1. The maximum Gasteiger partial charge on any atom is 0.179 e. The fourth-order valence-corrected chi connectivity index (χ4v) is 1.45. The van der Waals surface area contributed by atoms with E-state index in [4.69, 9.17) is 0 Å². The van der Waals surface area contributed by atoms with Crippen molar-refractivity contribution in [3.63, 3.8) is 0 Å². The molecular weight excluding hydrogens is 174 g/mol. The summed E-state index contributed by atoms with van der Waals surface area (Å²) in [6.07, 6.45) is 0. The monoisotopic (exact) mass is 191 g/mol. The Balaban J connectivity index is 2.78. The predicted octanol–water partition coefficient (Wildman–Crippen LogP) is 2.18. The van der Waals surface area contributed by atoms with Crippen LogP contribution in [0.3, 0.4) is 0 Å². The minimum Gasteiger partial charge on any atom is -0.308 e. The third-order valence-corrected chi connectivity index (χ3v) is 2.21. The highest BCUT2D eigenvalue weighted by Gasteiger charge is 2.13. The average molecular weight is 191 g/mol. The third kappa shape index (κ3) is 2.67. The van der Waals surface area contributed by atoms with E-state index in [1.807, 2.05) is 45.0 Å². The molecule has 1 rings (SSSR count). The van der Waals surface area contributed by atoms with Gasteiger partial charge in [-0.15, -0.1) is 0 Å². The van der Waals surface area contributed by atoms with Gasteiger partial charge in [0.05, 0.1) is 6.04 Å². The van der Waals surface area contributed by atoms with Crippen molar-refractivity contribution in [2.45, 2.75) is 26.8 Å². The van der Waals surface area contributed by atoms with Gasteiger partial charge in [-0.3, -0.25) is 4.79 Å². The molecule has 2 heteroatoms. The van der Waals surface area contributed by atoms with E-state index < -0.39 is 0 Å². The molecule has 1 aromatic carbocycles. The van der Waals surface area contributed by atoms with Gasteiger partial charge in [-0.05, 0) is 26.5 Å². The quantitative estimate of drug-likeness (QED) is 0.739. The number of hydrogen-bond donors (Lipinski definition) is 1. The van der Waals surface area contributed by atoms with Crippen molar-refractivity contribution in [2.75, 3.05) is 6.54 Å². The second-order valence-corrected chi connectivity index (χ2v) is 3.51. The lowest BCUT2D eigenvalue weighted by Crippen LogP contribution is -2.33. The molecule has 0 bridgehead atoms. The van der Waals surface area contributed by atoms with Gasteiger partial charge in [-0.1, -0.05) is 30.7 Å². The summed E-state index contributed by atoms with van der Waals surface area (Å²) < 4.78 is 0. The summed E-state index contributed by atoms with van der Waals surface area (Å²) in [6.45, 7) is 6.71. The number of ketones is 1. The molecule has 1 unspecified atom stereocenters. The van der Waals surface area contributed by atoms with Crippen LogP contribution in [-0.4, -0.2) is 18.4 Å². The fourth-order valence-electron chi connectivity index (χ4n) is 1.45. The first-order chi connectivity index (χ1) is 6.65. The third-order valence-electron chi connectivity index (χ3n) is 2.21. The molecule has 0 saturated carbocycles. The lowest BCUT2D eigenvalue weighted by molar-refractivity contribution is 0.0952. The van der Waals surface area contributed by atoms with Gasteiger partial charge in [0.2, 0.25) is 0 Å². The van der Waals surface area contributed by atoms with Crippen LogP contribution in [0.15, 0.2) is 24.3 Å². The Labute approximate surface area is 85.3 Å². The number of benzene rings is 1. The molecule has 1 N–H and O–H groups in total. The second-order valence-electron chi connectivity index (χ2n) is 3.51. The number of likely N-dealkylation sites (N-methyl/N-ethyl adjacent to an activating group) is 1. The number of hydrogen-bond acceptors (Lipinski definition) is 2. The van der Waals surface area contributed by atoms with E-state index >= 15 is 0 Å². The SMILES string of the molecule is CCNC(C)C(=O)c1cccc(C)c1. The maximum absolute atomic E-state index is 11.8. The highest BCUT2D eigenvalue weighted by atomic mass is 16.1. The Bertz CT molecular complexity index is 320. The topological polar surface area (TPSA) is 29.1 Å². The zero-order valence-corrected chi connectivity index (χ0v) is 9.00. The number of Topliss-reactive ketones (excluding diaryl/α,β-unsaturated/α-hetero) is 1. The van der Waals surface area contributed by atoms with Gasteiger partial charge in [0.1, 0.15) is 0 Å². The van der Waals surface area contributed by atoms with Crippen molar-refractivity contribution in [1.29, 1.82) is 0 Å². The molecule has 0 aliphatic rings. The van der Waals surface area contributed by atoms with Gasteiger partial charge < -0.3 is 5.32 Å². The summed E-state index contributed by atoms with van der Waals surface area (Å²) in [6, 6.07) is 7.61. The molecule has 0 fully saturated rings. The summed E-state index contributed by atoms with van der Waals surface area (Å²) >= 11 is 0. The first-order valence-electron chi connectivity index (χ1n) is 4.99. The van der Waals surface area contributed by atoms with Crippen LogP contribution in [-0.2, 0) is 0 Å². The molecule has 1 atom stereocenters. The average Bonchev–Trinajstić information content (AvgIpc) is 2.17. The smallest absolute Gasteiger partial charge is 0.179 e. The molecule has 0 amide bonds. The molecule has 0 saturated heterocycles. The summed E-state index contributed by atoms with van der Waals surface area (Å²) in [5.74, 6) is 0.163. The Morgan fingerprint density at radius 2 is 2.21 bits per heavy atom. The van der Waals surface area contributed by atoms with Crippen LogP contribution in [0.4, 0.5) is 0 Å². The lowest BCUT2D eigenvalue weighted by atomic mass is 10.0. The van der Waals surface area contributed by atoms with Crippen molar-refractivity contribution in [2.24, 2.45) is 0 Å². The second kappa shape index (κ2) is 4.91. The zero-order valence-electron chi connectivity index (χ0n) is 9.00. The van der Waals surface area contributed by atoms with E-state index in [1.54, 1.807) is 0 Å². The number of aryl methyl sites for hydroxylation is 1. The van der Waals surface area contributed by atoms with Gasteiger partial charge >= 0.3 is 0 Å². The largest absolute Gasteiger partial charge is 0.308 e. The van der Waals surface area contributed by atoms with Crippen LogP contribution >= 0.6 is 0 Å². The molecule has 76 valence electrons. The molecule has 0 heterocycles. The van der Waals surface area contributed by atoms with Crippen LogP contribution in [0.2, 0.25) is 0 Å². The summed E-state index contributed by atoms with van der Waals surface area (Å²) in [7, 11) is 0. The molecule has 0 aromatic heterocycles. The van der Waals surface area contributed by atoms with E-state index in [2.05, 4.69) is 5.32 Å². The van der Waals surface area contributed by atoms with Crippen LogP contribution in [0.25, 0.3) is 0 Å². The molecule has 0 spiro atoms. The number of nitrogens with one attached hydrogen (secondary N) is 1. The Morgan fingerprint density at radius 1 is 1.50 bits per heavy atom. The van der Waals surface area contributed by atoms with Crippen molar-refractivity contribution in [1.82, 2.24) is 5.32 Å². The van der Waals surface area contributed by atoms with Crippen molar-refractivity contribution in [3.05, 3.63) is 35.4 Å². The van der Waals surface area contributed by atoms with Crippen LogP contribution in [0.1, 0.15) is 29.8 Å². The minimum atomic E-state index is -0.0956. The molecule has 0 radical (unpaired) electrons. The fraction of sp³-hybridized carbons (Fsp3) is 0.417. The van der Waals surface area contributed by atoms with Gasteiger partial charge in [0.25, 0.3) is 0 Å². The van der Waals surface area contributed by atoms with Crippen molar-refractivity contribution >= 4 is 5.78 Å². The molecule has 2 nitrogen and oxygen atoms in total. The minimum absolute atomic E-state index is 0.0956. The first kappa shape index (κ1) is 10.9. The molecule has 1 aromatic rings. The van der Waals surface area contributed by atoms with E-state index in [0.717, 1.165) is 17.7 Å². The molecule has 14 heavy (non-hydrogen) atoms. The standard InChI is InChI=1S/C12H17NO/c1-4-13-10(3)12(14)11-7-5-6-9(2)8-11/h5-8,10,13H,4H2,1-3H3. The number of carbonyl (C=O) groups excluding carboxylic acids is 1. The molecule has 0 aliphatic carbocycles. The van der Waals surface area contributed by atoms with Gasteiger partial charge in [0.15, 0.2) is 5.78 Å². The normalized spacial score (nSPS) is 12.5. The van der Waals surface area contributed by atoms with E-state index in [0.29, 0.717) is 0 Å². The first-order valence-corrected chi connectivity index (χ1v) is 4.99. The van der Waals surface area contributed by atoms with Crippen LogP contribution in [0.5, 0.6) is 0 Å². The molecule has 0 aliphatic heterocycles. The zero-order chi connectivity index (χ0) is 10.6. The highest BCUT2D eigenvalue weighted by molar-refractivity contribution is 5.99. The highest BCUT2D eigenvalue weighted by Crippen LogP contribution is 2.06. The molecular formula is C12H17NO. The summed E-state index contributed by atoms with van der Waals surface area (Å²) in [5.41, 5.74) is 1.91. The van der Waals surface area contributed by atoms with Gasteiger partial charge in [-0.2, -0.15) is 0 Å².